The highest BCUT2D eigenvalue weighted by Crippen LogP contribution is 2.26. The first-order valence-corrected chi connectivity index (χ1v) is 7.39. The number of rotatable bonds is 10. The summed E-state index contributed by atoms with van der Waals surface area (Å²) in [5.41, 5.74) is -0.600. The smallest absolute Gasteiger partial charge is 0.310 e. The molecule has 0 rings (SSSR count). The number of aliphatic carboxylic acids is 1. The molecule has 0 aromatic heterocycles. The zero-order valence-corrected chi connectivity index (χ0v) is 12.8. The molecule has 0 aromatic carbocycles. The second kappa shape index (κ2) is 8.52. The van der Waals surface area contributed by atoms with Crippen LogP contribution in [0.5, 0.6) is 0 Å². The molecule has 3 heteroatoms. The maximum atomic E-state index is 11.5. The van der Waals surface area contributed by atoms with E-state index in [9.17, 15) is 9.90 Å². The molecule has 0 aliphatic heterocycles. The van der Waals surface area contributed by atoms with Gasteiger partial charge in [0.1, 0.15) is 0 Å². The van der Waals surface area contributed by atoms with Crippen LogP contribution in [-0.2, 0) is 4.79 Å². The summed E-state index contributed by atoms with van der Waals surface area (Å²) in [5, 5.41) is 9.43. The van der Waals surface area contributed by atoms with E-state index in [-0.39, 0.29) is 0 Å². The van der Waals surface area contributed by atoms with Crippen molar-refractivity contribution in [2.75, 3.05) is 19.6 Å². The molecule has 0 heterocycles. The Kier molecular flexibility index (Phi) is 8.25. The van der Waals surface area contributed by atoms with Gasteiger partial charge in [0.25, 0.3) is 0 Å². The number of nitrogens with zero attached hydrogens (tertiary/aromatic N) is 1. The van der Waals surface area contributed by atoms with Crippen LogP contribution in [0.4, 0.5) is 0 Å². The van der Waals surface area contributed by atoms with E-state index < -0.39 is 11.4 Å². The van der Waals surface area contributed by atoms with Crippen LogP contribution >= 0.6 is 0 Å². The lowest BCUT2D eigenvalue weighted by molar-refractivity contribution is -0.149. The van der Waals surface area contributed by atoms with Crippen molar-refractivity contribution in [3.05, 3.63) is 0 Å². The van der Waals surface area contributed by atoms with E-state index in [0.29, 0.717) is 12.5 Å². The van der Waals surface area contributed by atoms with Crippen LogP contribution in [0.1, 0.15) is 60.3 Å². The van der Waals surface area contributed by atoms with Crippen molar-refractivity contribution in [3.8, 4) is 0 Å². The van der Waals surface area contributed by atoms with Gasteiger partial charge in [-0.25, -0.2) is 0 Å². The van der Waals surface area contributed by atoms with Crippen LogP contribution in [0.25, 0.3) is 0 Å². The van der Waals surface area contributed by atoms with Gasteiger partial charge in [-0.3, -0.25) is 4.79 Å². The standard InChI is InChI=1S/C15H31NO2/c1-6-10-15(5,14(17)18)12-16(9-4)11-13(7-2)8-3/h13H,6-12H2,1-5H3,(H,17,18). The van der Waals surface area contributed by atoms with Gasteiger partial charge in [0.15, 0.2) is 0 Å². The van der Waals surface area contributed by atoms with Crippen LogP contribution in [0.2, 0.25) is 0 Å². The lowest BCUT2D eigenvalue weighted by Gasteiger charge is -2.33. The zero-order valence-electron chi connectivity index (χ0n) is 12.8. The molecule has 1 atom stereocenters. The second-order valence-electron chi connectivity index (χ2n) is 5.63. The molecule has 0 amide bonds. The molecule has 1 N–H and O–H groups in total. The van der Waals surface area contributed by atoms with Gasteiger partial charge in [0.2, 0.25) is 0 Å². The van der Waals surface area contributed by atoms with Crippen LogP contribution in [0.3, 0.4) is 0 Å². The average molecular weight is 257 g/mol. The van der Waals surface area contributed by atoms with Crippen molar-refractivity contribution >= 4 is 5.97 Å². The summed E-state index contributed by atoms with van der Waals surface area (Å²) >= 11 is 0. The highest BCUT2D eigenvalue weighted by molar-refractivity contribution is 5.74. The minimum absolute atomic E-state index is 0.600. The number of carboxylic acid groups (broad SMARTS) is 1. The molecule has 0 bridgehead atoms. The van der Waals surface area contributed by atoms with E-state index >= 15 is 0 Å². The van der Waals surface area contributed by atoms with Crippen molar-refractivity contribution in [2.24, 2.45) is 11.3 Å². The van der Waals surface area contributed by atoms with Gasteiger partial charge < -0.3 is 10.0 Å². The summed E-state index contributed by atoms with van der Waals surface area (Å²) in [6.45, 7) is 13.1. The molecule has 0 radical (unpaired) electrons. The Bertz CT molecular complexity index is 239. The van der Waals surface area contributed by atoms with Gasteiger partial charge >= 0.3 is 5.97 Å². The molecule has 0 aliphatic carbocycles. The summed E-state index contributed by atoms with van der Waals surface area (Å²) < 4.78 is 0. The molecule has 1 unspecified atom stereocenters. The lowest BCUT2D eigenvalue weighted by Crippen LogP contribution is -2.42. The van der Waals surface area contributed by atoms with Crippen molar-refractivity contribution in [2.45, 2.75) is 60.3 Å². The van der Waals surface area contributed by atoms with E-state index in [1.807, 2.05) is 6.92 Å². The third kappa shape index (κ3) is 5.38. The summed E-state index contributed by atoms with van der Waals surface area (Å²) in [4.78, 5) is 13.8. The fraction of sp³-hybridized carbons (Fsp3) is 0.933. The fourth-order valence-corrected chi connectivity index (χ4v) is 2.52. The maximum absolute atomic E-state index is 11.5. The minimum atomic E-state index is -0.660. The highest BCUT2D eigenvalue weighted by Gasteiger charge is 2.34. The summed E-state index contributed by atoms with van der Waals surface area (Å²) in [5.74, 6) is 0.0250. The van der Waals surface area contributed by atoms with Crippen molar-refractivity contribution in [1.82, 2.24) is 4.90 Å². The molecular formula is C15H31NO2. The van der Waals surface area contributed by atoms with E-state index in [2.05, 4.69) is 32.6 Å². The molecule has 0 aliphatic rings. The van der Waals surface area contributed by atoms with Crippen molar-refractivity contribution in [3.63, 3.8) is 0 Å². The van der Waals surface area contributed by atoms with Gasteiger partial charge in [-0.05, 0) is 25.8 Å². The highest BCUT2D eigenvalue weighted by atomic mass is 16.4. The topological polar surface area (TPSA) is 40.5 Å². The van der Waals surface area contributed by atoms with E-state index in [0.717, 1.165) is 25.9 Å². The molecule has 108 valence electrons. The predicted octanol–water partition coefficient (Wildman–Crippen LogP) is 3.64. The number of hydrogen-bond donors (Lipinski definition) is 1. The molecule has 0 spiro atoms. The second-order valence-corrected chi connectivity index (χ2v) is 5.63. The van der Waals surface area contributed by atoms with Crippen molar-refractivity contribution in [1.29, 1.82) is 0 Å². The quantitative estimate of drug-likeness (QED) is 0.649. The SMILES string of the molecule is CCCC(C)(CN(CC)CC(CC)CC)C(=O)O. The van der Waals surface area contributed by atoms with E-state index in [1.54, 1.807) is 0 Å². The minimum Gasteiger partial charge on any atom is -0.481 e. The molecule has 0 saturated carbocycles. The van der Waals surface area contributed by atoms with E-state index in [1.165, 1.54) is 12.8 Å². The molecular weight excluding hydrogens is 226 g/mol. The maximum Gasteiger partial charge on any atom is 0.310 e. The monoisotopic (exact) mass is 257 g/mol. The first-order valence-electron chi connectivity index (χ1n) is 7.39. The lowest BCUT2D eigenvalue weighted by atomic mass is 9.84. The molecule has 0 fully saturated rings. The van der Waals surface area contributed by atoms with Crippen LogP contribution in [0, 0.1) is 11.3 Å². The summed E-state index contributed by atoms with van der Waals surface area (Å²) in [6.07, 6.45) is 4.02. The Morgan fingerprint density at radius 3 is 2.11 bits per heavy atom. The van der Waals surface area contributed by atoms with Crippen LogP contribution < -0.4 is 0 Å². The Labute approximate surface area is 113 Å². The summed E-state index contributed by atoms with van der Waals surface area (Å²) in [7, 11) is 0. The Morgan fingerprint density at radius 1 is 1.22 bits per heavy atom. The zero-order chi connectivity index (χ0) is 14.2. The first-order chi connectivity index (χ1) is 8.43. The third-order valence-electron chi connectivity index (χ3n) is 4.01. The van der Waals surface area contributed by atoms with E-state index in [4.69, 9.17) is 0 Å². The van der Waals surface area contributed by atoms with Gasteiger partial charge in [-0.15, -0.1) is 0 Å². The average Bonchev–Trinajstić information content (AvgIpc) is 2.34. The van der Waals surface area contributed by atoms with Gasteiger partial charge in [0, 0.05) is 13.1 Å². The molecule has 3 nitrogen and oxygen atoms in total. The fourth-order valence-electron chi connectivity index (χ4n) is 2.52. The number of carboxylic acids is 1. The Morgan fingerprint density at radius 2 is 1.78 bits per heavy atom. The third-order valence-corrected chi connectivity index (χ3v) is 4.01. The van der Waals surface area contributed by atoms with Gasteiger partial charge in [0.05, 0.1) is 5.41 Å². The number of carbonyl (C=O) groups is 1. The molecule has 0 aromatic rings. The predicted molar refractivity (Wildman–Crippen MR) is 76.8 cm³/mol. The first kappa shape index (κ1) is 17.4. The molecule has 0 saturated heterocycles. The molecule has 18 heavy (non-hydrogen) atoms. The van der Waals surface area contributed by atoms with Gasteiger partial charge in [-0.2, -0.15) is 0 Å². The normalized spacial score (nSPS) is 15.1. The van der Waals surface area contributed by atoms with Gasteiger partial charge in [-0.1, -0.05) is 47.0 Å². The number of hydrogen-bond acceptors (Lipinski definition) is 2. The summed E-state index contributed by atoms with van der Waals surface area (Å²) in [6, 6.07) is 0. The van der Waals surface area contributed by atoms with Crippen LogP contribution in [0.15, 0.2) is 0 Å². The van der Waals surface area contributed by atoms with Crippen LogP contribution in [-0.4, -0.2) is 35.6 Å². The van der Waals surface area contributed by atoms with Crippen molar-refractivity contribution < 1.29 is 9.90 Å². The largest absolute Gasteiger partial charge is 0.481 e. The Balaban J connectivity index is 4.61. The Hall–Kier alpha value is -0.570.